The van der Waals surface area contributed by atoms with Crippen molar-refractivity contribution in [2.24, 2.45) is 0 Å². The van der Waals surface area contributed by atoms with Crippen molar-refractivity contribution in [2.75, 3.05) is 0 Å². The van der Waals surface area contributed by atoms with Crippen LogP contribution in [0.25, 0.3) is 11.1 Å². The molecule has 0 aliphatic heterocycles. The minimum absolute atomic E-state index is 0.130. The number of carbonyl (C=O) groups is 1. The van der Waals surface area contributed by atoms with Gasteiger partial charge in [-0.25, -0.2) is 4.79 Å². The zero-order valence-corrected chi connectivity index (χ0v) is 9.05. The Labute approximate surface area is 96.3 Å². The van der Waals surface area contributed by atoms with Crippen LogP contribution >= 0.6 is 0 Å². The van der Waals surface area contributed by atoms with Gasteiger partial charge in [0.25, 0.3) is 0 Å². The van der Waals surface area contributed by atoms with Gasteiger partial charge >= 0.3 is 11.7 Å². The molecule has 1 saturated carbocycles. The van der Waals surface area contributed by atoms with Crippen LogP contribution in [0.1, 0.15) is 24.4 Å². The highest BCUT2D eigenvalue weighted by Crippen LogP contribution is 2.36. The molecule has 1 aromatic carbocycles. The molecule has 0 saturated heterocycles. The maximum absolute atomic E-state index is 11.7. The van der Waals surface area contributed by atoms with E-state index < -0.39 is 5.97 Å². The molecule has 5 heteroatoms. The molecular weight excluding hydrogens is 222 g/mol. The molecule has 1 aromatic heterocycles. The average Bonchev–Trinajstić information content (AvgIpc) is 3.02. The van der Waals surface area contributed by atoms with E-state index in [2.05, 4.69) is 0 Å². The fourth-order valence-electron chi connectivity index (χ4n) is 2.09. The van der Waals surface area contributed by atoms with Crippen molar-refractivity contribution in [3.05, 3.63) is 34.3 Å². The van der Waals surface area contributed by atoms with Crippen LogP contribution in [0.2, 0.25) is 0 Å². The fraction of sp³-hybridized carbons (Fsp3) is 0.333. The first-order valence-electron chi connectivity index (χ1n) is 5.51. The van der Waals surface area contributed by atoms with Gasteiger partial charge in [-0.15, -0.1) is 0 Å². The number of benzene rings is 1. The average molecular weight is 233 g/mol. The summed E-state index contributed by atoms with van der Waals surface area (Å²) in [5.74, 6) is -1.32. The van der Waals surface area contributed by atoms with Crippen molar-refractivity contribution in [2.45, 2.75) is 25.3 Å². The molecule has 1 fully saturated rings. The Morgan fingerprint density at radius 3 is 2.88 bits per heavy atom. The SMILES string of the molecule is O=C(O)Cc1cccc2c1oc(=O)n2C1CC1. The second kappa shape index (κ2) is 3.48. The summed E-state index contributed by atoms with van der Waals surface area (Å²) in [5.41, 5.74) is 1.66. The summed E-state index contributed by atoms with van der Waals surface area (Å²) in [6.45, 7) is 0. The summed E-state index contributed by atoms with van der Waals surface area (Å²) in [4.78, 5) is 22.4. The van der Waals surface area contributed by atoms with Crippen molar-refractivity contribution in [1.29, 1.82) is 0 Å². The lowest BCUT2D eigenvalue weighted by atomic mass is 10.1. The Kier molecular flexibility index (Phi) is 2.07. The van der Waals surface area contributed by atoms with Gasteiger partial charge in [0.15, 0.2) is 5.58 Å². The maximum Gasteiger partial charge on any atom is 0.420 e. The van der Waals surface area contributed by atoms with E-state index in [0.29, 0.717) is 16.7 Å². The molecule has 88 valence electrons. The van der Waals surface area contributed by atoms with Crippen molar-refractivity contribution in [3.8, 4) is 0 Å². The molecule has 3 rings (SSSR count). The number of rotatable bonds is 3. The summed E-state index contributed by atoms with van der Waals surface area (Å²) in [6, 6.07) is 5.46. The lowest BCUT2D eigenvalue weighted by Gasteiger charge is -2.00. The number of fused-ring (bicyclic) bond motifs is 1. The summed E-state index contributed by atoms with van der Waals surface area (Å²) >= 11 is 0. The van der Waals surface area contributed by atoms with Crippen LogP contribution < -0.4 is 5.76 Å². The molecule has 1 heterocycles. The highest BCUT2D eigenvalue weighted by molar-refractivity contribution is 5.82. The predicted octanol–water partition coefficient (Wildman–Crippen LogP) is 1.56. The van der Waals surface area contributed by atoms with E-state index in [-0.39, 0.29) is 18.2 Å². The van der Waals surface area contributed by atoms with Crippen molar-refractivity contribution in [3.63, 3.8) is 0 Å². The van der Waals surface area contributed by atoms with E-state index in [4.69, 9.17) is 9.52 Å². The van der Waals surface area contributed by atoms with Gasteiger partial charge in [0.1, 0.15) is 0 Å². The highest BCUT2D eigenvalue weighted by atomic mass is 16.4. The molecule has 0 amide bonds. The van der Waals surface area contributed by atoms with Crippen LogP contribution in [0.15, 0.2) is 27.4 Å². The van der Waals surface area contributed by atoms with Gasteiger partial charge in [0, 0.05) is 11.6 Å². The number of carboxylic acids is 1. The Balaban J connectivity index is 2.22. The van der Waals surface area contributed by atoms with Gasteiger partial charge < -0.3 is 9.52 Å². The van der Waals surface area contributed by atoms with E-state index in [0.717, 1.165) is 12.8 Å². The molecule has 1 aliphatic rings. The zero-order valence-electron chi connectivity index (χ0n) is 9.05. The van der Waals surface area contributed by atoms with Crippen LogP contribution in [-0.4, -0.2) is 15.6 Å². The van der Waals surface area contributed by atoms with Gasteiger partial charge in [0.05, 0.1) is 11.9 Å². The van der Waals surface area contributed by atoms with Crippen LogP contribution in [0.5, 0.6) is 0 Å². The smallest absolute Gasteiger partial charge is 0.420 e. The molecule has 0 spiro atoms. The Morgan fingerprint density at radius 1 is 1.47 bits per heavy atom. The van der Waals surface area contributed by atoms with Crippen LogP contribution in [0.3, 0.4) is 0 Å². The van der Waals surface area contributed by atoms with Gasteiger partial charge in [-0.2, -0.15) is 0 Å². The zero-order chi connectivity index (χ0) is 12.0. The number of aliphatic carboxylic acids is 1. The third-order valence-corrected chi connectivity index (χ3v) is 2.98. The van der Waals surface area contributed by atoms with Gasteiger partial charge in [-0.3, -0.25) is 9.36 Å². The molecule has 0 unspecified atom stereocenters. The van der Waals surface area contributed by atoms with Crippen molar-refractivity contribution < 1.29 is 14.3 Å². The highest BCUT2D eigenvalue weighted by Gasteiger charge is 2.28. The molecule has 1 N–H and O–H groups in total. The van der Waals surface area contributed by atoms with E-state index in [1.807, 2.05) is 0 Å². The van der Waals surface area contributed by atoms with E-state index in [1.54, 1.807) is 22.8 Å². The second-order valence-electron chi connectivity index (χ2n) is 4.31. The number of hydrogen-bond donors (Lipinski definition) is 1. The first kappa shape index (κ1) is 10.1. The Bertz CT molecular complexity index is 648. The third-order valence-electron chi connectivity index (χ3n) is 2.98. The Hall–Kier alpha value is -2.04. The predicted molar refractivity (Wildman–Crippen MR) is 60.1 cm³/mol. The van der Waals surface area contributed by atoms with Gasteiger partial charge in [-0.1, -0.05) is 12.1 Å². The molecule has 0 radical (unpaired) electrons. The van der Waals surface area contributed by atoms with Crippen molar-refractivity contribution >= 4 is 17.1 Å². The van der Waals surface area contributed by atoms with Crippen LogP contribution in [-0.2, 0) is 11.2 Å². The molecule has 17 heavy (non-hydrogen) atoms. The molecule has 1 aliphatic carbocycles. The maximum atomic E-state index is 11.7. The molecule has 0 bridgehead atoms. The quantitative estimate of drug-likeness (QED) is 0.873. The molecule has 2 aromatic rings. The molecular formula is C12H11NO4. The summed E-state index contributed by atoms with van der Waals surface area (Å²) in [7, 11) is 0. The summed E-state index contributed by atoms with van der Waals surface area (Å²) in [5, 5.41) is 8.80. The minimum Gasteiger partial charge on any atom is -0.481 e. The summed E-state index contributed by atoms with van der Waals surface area (Å²) in [6.07, 6.45) is 1.84. The number of hydrogen-bond acceptors (Lipinski definition) is 3. The number of carboxylic acid groups (broad SMARTS) is 1. The first-order chi connectivity index (χ1) is 8.16. The van der Waals surface area contributed by atoms with E-state index in [1.165, 1.54) is 0 Å². The lowest BCUT2D eigenvalue weighted by Crippen LogP contribution is -2.11. The summed E-state index contributed by atoms with van der Waals surface area (Å²) < 4.78 is 6.80. The van der Waals surface area contributed by atoms with E-state index in [9.17, 15) is 9.59 Å². The van der Waals surface area contributed by atoms with Crippen LogP contribution in [0, 0.1) is 0 Å². The number of para-hydroxylation sites is 1. The van der Waals surface area contributed by atoms with Crippen LogP contribution in [0.4, 0.5) is 0 Å². The van der Waals surface area contributed by atoms with E-state index >= 15 is 0 Å². The number of nitrogens with zero attached hydrogens (tertiary/aromatic N) is 1. The third kappa shape index (κ3) is 1.63. The first-order valence-corrected chi connectivity index (χ1v) is 5.51. The van der Waals surface area contributed by atoms with Gasteiger partial charge in [-0.05, 0) is 18.9 Å². The largest absolute Gasteiger partial charge is 0.481 e. The van der Waals surface area contributed by atoms with Crippen molar-refractivity contribution in [1.82, 2.24) is 4.57 Å². The fourth-order valence-corrected chi connectivity index (χ4v) is 2.09. The number of oxazole rings is 1. The Morgan fingerprint density at radius 2 is 2.24 bits per heavy atom. The minimum atomic E-state index is -0.931. The monoisotopic (exact) mass is 233 g/mol. The molecule has 5 nitrogen and oxygen atoms in total. The normalized spacial score (nSPS) is 15.3. The second-order valence-corrected chi connectivity index (χ2v) is 4.31. The van der Waals surface area contributed by atoms with Gasteiger partial charge in [0.2, 0.25) is 0 Å². The molecule has 0 atom stereocenters. The standard InChI is InChI=1S/C12H11NO4/c14-10(15)6-7-2-1-3-9-11(7)17-12(16)13(9)8-4-5-8/h1-3,8H,4-6H2,(H,14,15). The number of aromatic nitrogens is 1. The topological polar surface area (TPSA) is 72.4 Å². The lowest BCUT2D eigenvalue weighted by molar-refractivity contribution is -0.136.